The van der Waals surface area contributed by atoms with E-state index < -0.39 is 0 Å². The first-order valence-electron chi connectivity index (χ1n) is 7.50. The molecule has 0 aliphatic carbocycles. The predicted molar refractivity (Wildman–Crippen MR) is 80.0 cm³/mol. The number of fused-ring (bicyclic) bond motifs is 1. The van der Waals surface area contributed by atoms with E-state index in [1.54, 1.807) is 0 Å². The Labute approximate surface area is 119 Å². The molecule has 0 saturated carbocycles. The molecule has 3 heterocycles. The maximum atomic E-state index is 5.62. The van der Waals surface area contributed by atoms with Gasteiger partial charge in [0.25, 0.3) is 0 Å². The number of rotatable bonds is 1. The summed E-state index contributed by atoms with van der Waals surface area (Å²) in [7, 11) is 2.06. The Morgan fingerprint density at radius 1 is 1.20 bits per heavy atom. The molecule has 2 fully saturated rings. The SMILES string of the molecule is Cn1cnc2c(N3CCC4(CCOC4)CC3)cccc21. The van der Waals surface area contributed by atoms with Crippen molar-refractivity contribution in [1.82, 2.24) is 9.55 Å². The summed E-state index contributed by atoms with van der Waals surface area (Å²) in [6, 6.07) is 6.49. The largest absolute Gasteiger partial charge is 0.381 e. The topological polar surface area (TPSA) is 30.3 Å². The van der Waals surface area contributed by atoms with Gasteiger partial charge < -0.3 is 14.2 Å². The van der Waals surface area contributed by atoms with Crippen molar-refractivity contribution < 1.29 is 4.74 Å². The number of aromatic nitrogens is 2. The van der Waals surface area contributed by atoms with Gasteiger partial charge in [0.1, 0.15) is 5.52 Å². The molecule has 4 rings (SSSR count). The molecule has 2 saturated heterocycles. The predicted octanol–water partition coefficient (Wildman–Crippen LogP) is 2.58. The van der Waals surface area contributed by atoms with Gasteiger partial charge in [-0.25, -0.2) is 4.98 Å². The average molecular weight is 271 g/mol. The Hall–Kier alpha value is -1.55. The van der Waals surface area contributed by atoms with Crippen molar-refractivity contribution in [2.24, 2.45) is 12.5 Å². The fraction of sp³-hybridized carbons (Fsp3) is 0.562. The number of hydrogen-bond donors (Lipinski definition) is 0. The van der Waals surface area contributed by atoms with Gasteiger partial charge in [0.2, 0.25) is 0 Å². The summed E-state index contributed by atoms with van der Waals surface area (Å²) in [6.07, 6.45) is 5.64. The highest BCUT2D eigenvalue weighted by Gasteiger charge is 2.38. The summed E-state index contributed by atoms with van der Waals surface area (Å²) in [5, 5.41) is 0. The lowest BCUT2D eigenvalue weighted by Crippen LogP contribution is -2.40. The van der Waals surface area contributed by atoms with E-state index in [-0.39, 0.29) is 0 Å². The van der Waals surface area contributed by atoms with Gasteiger partial charge in [0, 0.05) is 26.7 Å². The first-order valence-corrected chi connectivity index (χ1v) is 7.50. The van der Waals surface area contributed by atoms with E-state index >= 15 is 0 Å². The minimum Gasteiger partial charge on any atom is -0.381 e. The molecule has 0 amide bonds. The van der Waals surface area contributed by atoms with Crippen LogP contribution in [0.4, 0.5) is 5.69 Å². The molecule has 4 heteroatoms. The van der Waals surface area contributed by atoms with Crippen molar-refractivity contribution in [1.29, 1.82) is 0 Å². The molecule has 0 bridgehead atoms. The summed E-state index contributed by atoms with van der Waals surface area (Å²) in [5.41, 5.74) is 4.10. The molecule has 0 N–H and O–H groups in total. The van der Waals surface area contributed by atoms with Crippen LogP contribution in [0.15, 0.2) is 24.5 Å². The molecule has 2 aliphatic heterocycles. The van der Waals surface area contributed by atoms with Crippen molar-refractivity contribution in [2.45, 2.75) is 19.3 Å². The van der Waals surface area contributed by atoms with Crippen LogP contribution >= 0.6 is 0 Å². The highest BCUT2D eigenvalue weighted by Crippen LogP contribution is 2.40. The van der Waals surface area contributed by atoms with Crippen LogP contribution in [-0.2, 0) is 11.8 Å². The van der Waals surface area contributed by atoms with Crippen molar-refractivity contribution in [3.8, 4) is 0 Å². The minimum absolute atomic E-state index is 0.467. The number of benzene rings is 1. The van der Waals surface area contributed by atoms with Gasteiger partial charge in [-0.3, -0.25) is 0 Å². The minimum atomic E-state index is 0.467. The maximum Gasteiger partial charge on any atom is 0.112 e. The number of ether oxygens (including phenoxy) is 1. The van der Waals surface area contributed by atoms with Gasteiger partial charge in [-0.2, -0.15) is 0 Å². The molecule has 20 heavy (non-hydrogen) atoms. The number of para-hydroxylation sites is 1. The van der Waals surface area contributed by atoms with Crippen LogP contribution < -0.4 is 4.90 Å². The standard InChI is InChI=1S/C16H21N3O/c1-18-12-17-15-13(18)3-2-4-14(15)19-8-5-16(6-9-19)7-10-20-11-16/h2-4,12H,5-11H2,1H3. The maximum absolute atomic E-state index is 5.62. The number of aryl methyl sites for hydroxylation is 1. The fourth-order valence-electron chi connectivity index (χ4n) is 3.66. The summed E-state index contributed by atoms with van der Waals surface area (Å²) in [5.74, 6) is 0. The Kier molecular flexibility index (Phi) is 2.74. The van der Waals surface area contributed by atoms with E-state index in [4.69, 9.17) is 4.74 Å². The number of hydrogen-bond acceptors (Lipinski definition) is 3. The van der Waals surface area contributed by atoms with Gasteiger partial charge in [0.15, 0.2) is 0 Å². The number of anilines is 1. The second kappa shape index (κ2) is 4.48. The van der Waals surface area contributed by atoms with Crippen LogP contribution in [0, 0.1) is 5.41 Å². The van der Waals surface area contributed by atoms with Crippen molar-refractivity contribution in [3.63, 3.8) is 0 Å². The summed E-state index contributed by atoms with van der Waals surface area (Å²) >= 11 is 0. The van der Waals surface area contributed by atoms with Crippen molar-refractivity contribution in [2.75, 3.05) is 31.2 Å². The van der Waals surface area contributed by atoms with Crippen LogP contribution in [0.2, 0.25) is 0 Å². The zero-order chi connectivity index (χ0) is 13.6. The second-order valence-corrected chi connectivity index (χ2v) is 6.29. The quantitative estimate of drug-likeness (QED) is 0.798. The lowest BCUT2D eigenvalue weighted by molar-refractivity contribution is 0.134. The average Bonchev–Trinajstić information content (AvgIpc) is 3.08. The summed E-state index contributed by atoms with van der Waals surface area (Å²) < 4.78 is 7.71. The van der Waals surface area contributed by atoms with E-state index in [0.29, 0.717) is 5.41 Å². The molecule has 4 nitrogen and oxygen atoms in total. The number of imidazole rings is 1. The lowest BCUT2D eigenvalue weighted by Gasteiger charge is -2.39. The summed E-state index contributed by atoms with van der Waals surface area (Å²) in [6.45, 7) is 4.17. The molecule has 2 aromatic rings. The Bertz CT molecular complexity index is 618. The van der Waals surface area contributed by atoms with Gasteiger partial charge >= 0.3 is 0 Å². The Morgan fingerprint density at radius 2 is 2.05 bits per heavy atom. The molecule has 106 valence electrons. The fourth-order valence-corrected chi connectivity index (χ4v) is 3.66. The third-order valence-electron chi connectivity index (χ3n) is 5.08. The normalized spacial score (nSPS) is 21.9. The highest BCUT2D eigenvalue weighted by atomic mass is 16.5. The lowest BCUT2D eigenvalue weighted by atomic mass is 9.78. The van der Waals surface area contributed by atoms with Gasteiger partial charge in [-0.05, 0) is 36.8 Å². The van der Waals surface area contributed by atoms with Crippen LogP contribution in [-0.4, -0.2) is 35.9 Å². The highest BCUT2D eigenvalue weighted by molar-refractivity contribution is 5.89. The Balaban J connectivity index is 1.61. The first kappa shape index (κ1) is 12.2. The van der Waals surface area contributed by atoms with Crippen molar-refractivity contribution in [3.05, 3.63) is 24.5 Å². The van der Waals surface area contributed by atoms with E-state index in [2.05, 4.69) is 39.7 Å². The van der Waals surface area contributed by atoms with E-state index in [1.165, 1.54) is 30.5 Å². The molecule has 0 radical (unpaired) electrons. The monoisotopic (exact) mass is 271 g/mol. The van der Waals surface area contributed by atoms with Gasteiger partial charge in [-0.1, -0.05) is 6.07 Å². The third-order valence-corrected chi connectivity index (χ3v) is 5.08. The number of piperidine rings is 1. The van der Waals surface area contributed by atoms with Crippen LogP contribution in [0.5, 0.6) is 0 Å². The molecule has 2 aliphatic rings. The first-order chi connectivity index (χ1) is 9.77. The molecule has 1 aromatic heterocycles. The molecular weight excluding hydrogens is 250 g/mol. The van der Waals surface area contributed by atoms with Crippen molar-refractivity contribution >= 4 is 16.7 Å². The van der Waals surface area contributed by atoms with Crippen LogP contribution in [0.1, 0.15) is 19.3 Å². The molecule has 1 aromatic carbocycles. The van der Waals surface area contributed by atoms with Crippen LogP contribution in [0.3, 0.4) is 0 Å². The van der Waals surface area contributed by atoms with Gasteiger partial charge in [0.05, 0.1) is 24.1 Å². The van der Waals surface area contributed by atoms with E-state index in [0.717, 1.165) is 31.8 Å². The third kappa shape index (κ3) is 1.82. The van der Waals surface area contributed by atoms with E-state index in [9.17, 15) is 0 Å². The molecule has 0 atom stereocenters. The zero-order valence-corrected chi connectivity index (χ0v) is 12.0. The van der Waals surface area contributed by atoms with Gasteiger partial charge in [-0.15, -0.1) is 0 Å². The van der Waals surface area contributed by atoms with E-state index in [1.807, 2.05) is 6.33 Å². The van der Waals surface area contributed by atoms with Crippen LogP contribution in [0.25, 0.3) is 11.0 Å². The summed E-state index contributed by atoms with van der Waals surface area (Å²) in [4.78, 5) is 7.08. The second-order valence-electron chi connectivity index (χ2n) is 6.29. The Morgan fingerprint density at radius 3 is 2.80 bits per heavy atom. The molecular formula is C16H21N3O. The smallest absolute Gasteiger partial charge is 0.112 e. The molecule has 1 spiro atoms. The zero-order valence-electron chi connectivity index (χ0n) is 12.0. The molecule has 0 unspecified atom stereocenters. The number of nitrogens with zero attached hydrogens (tertiary/aromatic N) is 3.